The first kappa shape index (κ1) is 13.1. The van der Waals surface area contributed by atoms with E-state index >= 15 is 0 Å². The summed E-state index contributed by atoms with van der Waals surface area (Å²) in [5.74, 6) is -0.208. The van der Waals surface area contributed by atoms with Crippen LogP contribution in [0.4, 0.5) is 4.39 Å². The van der Waals surface area contributed by atoms with Crippen LogP contribution in [0, 0.1) is 5.82 Å². The molecule has 0 aromatic heterocycles. The Morgan fingerprint density at radius 3 is 2.60 bits per heavy atom. The number of hydrogen-bond acceptors (Lipinski definition) is 2. The van der Waals surface area contributed by atoms with E-state index in [1.807, 2.05) is 6.07 Å². The summed E-state index contributed by atoms with van der Waals surface area (Å²) in [6.07, 6.45) is 3.51. The first-order valence-corrected chi connectivity index (χ1v) is 6.89. The third kappa shape index (κ3) is 2.68. The van der Waals surface area contributed by atoms with Crippen molar-refractivity contribution >= 4 is 0 Å². The van der Waals surface area contributed by atoms with Crippen molar-refractivity contribution in [3.8, 4) is 5.75 Å². The molecule has 0 unspecified atom stereocenters. The molecule has 0 saturated carbocycles. The number of halogens is 1. The van der Waals surface area contributed by atoms with Crippen LogP contribution in [-0.2, 0) is 26.1 Å². The predicted molar refractivity (Wildman–Crippen MR) is 75.1 cm³/mol. The lowest BCUT2D eigenvalue weighted by molar-refractivity contribution is 0.276. The highest BCUT2D eigenvalue weighted by atomic mass is 19.1. The monoisotopic (exact) mass is 272 g/mol. The van der Waals surface area contributed by atoms with E-state index in [9.17, 15) is 4.39 Å². The van der Waals surface area contributed by atoms with Gasteiger partial charge < -0.3 is 9.84 Å². The Bertz CT molecular complexity index is 622. The summed E-state index contributed by atoms with van der Waals surface area (Å²) in [6.45, 7) is 0.199. The van der Waals surface area contributed by atoms with Crippen molar-refractivity contribution < 1.29 is 14.2 Å². The zero-order chi connectivity index (χ0) is 13.9. The number of benzene rings is 2. The van der Waals surface area contributed by atoms with Gasteiger partial charge in [-0.1, -0.05) is 24.3 Å². The number of fused-ring (bicyclic) bond motifs is 1. The molecule has 1 aliphatic carbocycles. The molecule has 0 heterocycles. The Labute approximate surface area is 117 Å². The maximum absolute atomic E-state index is 13.7. The van der Waals surface area contributed by atoms with E-state index in [2.05, 4.69) is 12.1 Å². The van der Waals surface area contributed by atoms with Gasteiger partial charge in [-0.25, -0.2) is 4.39 Å². The molecule has 0 spiro atoms. The van der Waals surface area contributed by atoms with Crippen molar-refractivity contribution in [3.05, 3.63) is 64.5 Å². The van der Waals surface area contributed by atoms with Crippen LogP contribution in [-0.4, -0.2) is 5.11 Å². The highest BCUT2D eigenvalue weighted by Gasteiger charge is 2.11. The van der Waals surface area contributed by atoms with Crippen LogP contribution in [0.1, 0.15) is 28.7 Å². The van der Waals surface area contributed by atoms with Gasteiger partial charge in [0.1, 0.15) is 6.61 Å². The van der Waals surface area contributed by atoms with Gasteiger partial charge in [-0.3, -0.25) is 0 Å². The molecule has 0 radical (unpaired) electrons. The third-order valence-corrected chi connectivity index (χ3v) is 3.74. The van der Waals surface area contributed by atoms with E-state index in [-0.39, 0.29) is 12.4 Å². The third-order valence-electron chi connectivity index (χ3n) is 3.74. The molecule has 3 heteroatoms. The molecular weight excluding hydrogens is 255 g/mol. The van der Waals surface area contributed by atoms with E-state index in [1.165, 1.54) is 23.6 Å². The second-order valence-electron chi connectivity index (χ2n) is 5.17. The van der Waals surface area contributed by atoms with E-state index < -0.39 is 5.82 Å². The molecule has 0 amide bonds. The number of ether oxygens (including phenoxy) is 1. The minimum absolute atomic E-state index is 0.165. The van der Waals surface area contributed by atoms with Crippen LogP contribution in [0.25, 0.3) is 0 Å². The average molecular weight is 272 g/mol. The summed E-state index contributed by atoms with van der Waals surface area (Å²) in [5.41, 5.74) is 4.43. The van der Waals surface area contributed by atoms with Gasteiger partial charge in [0.15, 0.2) is 11.6 Å². The lowest BCUT2D eigenvalue weighted by atomic mass is 10.1. The van der Waals surface area contributed by atoms with Crippen molar-refractivity contribution in [1.29, 1.82) is 0 Å². The van der Waals surface area contributed by atoms with E-state index in [0.29, 0.717) is 12.2 Å². The number of aryl methyl sites for hydroxylation is 2. The highest BCUT2D eigenvalue weighted by molar-refractivity contribution is 5.35. The second kappa shape index (κ2) is 5.63. The second-order valence-corrected chi connectivity index (χ2v) is 5.17. The van der Waals surface area contributed by atoms with Gasteiger partial charge in [0, 0.05) is 0 Å². The first-order chi connectivity index (χ1) is 9.76. The largest absolute Gasteiger partial charge is 0.486 e. The first-order valence-electron chi connectivity index (χ1n) is 6.89. The van der Waals surface area contributed by atoms with Crippen LogP contribution in [0.2, 0.25) is 0 Å². The Morgan fingerprint density at radius 2 is 1.80 bits per heavy atom. The highest BCUT2D eigenvalue weighted by Crippen LogP contribution is 2.24. The fourth-order valence-electron chi connectivity index (χ4n) is 2.64. The molecule has 0 bridgehead atoms. The Balaban J connectivity index is 1.70. The molecule has 1 N–H and O–H groups in total. The molecule has 2 aromatic carbocycles. The summed E-state index contributed by atoms with van der Waals surface area (Å²) >= 11 is 0. The number of aliphatic hydroxyl groups excluding tert-OH is 1. The van der Waals surface area contributed by atoms with Crippen molar-refractivity contribution in [2.75, 3.05) is 0 Å². The van der Waals surface area contributed by atoms with Gasteiger partial charge in [-0.05, 0) is 53.6 Å². The molecule has 20 heavy (non-hydrogen) atoms. The van der Waals surface area contributed by atoms with E-state index in [4.69, 9.17) is 9.84 Å². The fraction of sp³-hybridized carbons (Fsp3) is 0.294. The van der Waals surface area contributed by atoms with Gasteiger partial charge in [0.2, 0.25) is 0 Å². The topological polar surface area (TPSA) is 29.5 Å². The molecule has 3 rings (SSSR count). The number of aliphatic hydroxyl groups is 1. The lowest BCUT2D eigenvalue weighted by Crippen LogP contribution is -1.99. The predicted octanol–water partition coefficient (Wildman–Crippen LogP) is 3.39. The Kier molecular flexibility index (Phi) is 3.70. The lowest BCUT2D eigenvalue weighted by Gasteiger charge is -2.09. The van der Waals surface area contributed by atoms with E-state index in [1.54, 1.807) is 12.1 Å². The summed E-state index contributed by atoms with van der Waals surface area (Å²) in [7, 11) is 0. The Hall–Kier alpha value is -1.87. The van der Waals surface area contributed by atoms with Gasteiger partial charge in [-0.15, -0.1) is 0 Å². The van der Waals surface area contributed by atoms with Crippen LogP contribution in [0.5, 0.6) is 5.75 Å². The van der Waals surface area contributed by atoms with Crippen LogP contribution >= 0.6 is 0 Å². The smallest absolute Gasteiger partial charge is 0.165 e. The molecule has 0 aliphatic heterocycles. The fourth-order valence-corrected chi connectivity index (χ4v) is 2.64. The minimum Gasteiger partial charge on any atom is -0.486 e. The summed E-state index contributed by atoms with van der Waals surface area (Å²) in [5, 5.41) is 8.94. The van der Waals surface area contributed by atoms with Crippen molar-refractivity contribution in [2.24, 2.45) is 0 Å². The maximum Gasteiger partial charge on any atom is 0.165 e. The average Bonchev–Trinajstić information content (AvgIpc) is 2.93. The quantitative estimate of drug-likeness (QED) is 0.924. The van der Waals surface area contributed by atoms with Gasteiger partial charge in [0.25, 0.3) is 0 Å². The summed E-state index contributed by atoms with van der Waals surface area (Å²) in [4.78, 5) is 0. The zero-order valence-corrected chi connectivity index (χ0v) is 11.2. The molecule has 0 fully saturated rings. The number of hydrogen-bond donors (Lipinski definition) is 1. The van der Waals surface area contributed by atoms with Crippen LogP contribution in [0.15, 0.2) is 36.4 Å². The minimum atomic E-state index is -0.433. The molecule has 2 nitrogen and oxygen atoms in total. The SMILES string of the molecule is OCc1ccc(OCc2ccc3c(c2)CCC3)c(F)c1. The number of rotatable bonds is 4. The van der Waals surface area contributed by atoms with Gasteiger partial charge in [0.05, 0.1) is 6.61 Å². The summed E-state index contributed by atoms with van der Waals surface area (Å²) < 4.78 is 19.2. The van der Waals surface area contributed by atoms with Crippen LogP contribution in [0.3, 0.4) is 0 Å². The molecule has 2 aromatic rings. The van der Waals surface area contributed by atoms with Crippen molar-refractivity contribution in [2.45, 2.75) is 32.5 Å². The molecular formula is C17H17FO2. The normalized spacial score (nSPS) is 13.3. The molecule has 104 valence electrons. The Morgan fingerprint density at radius 1 is 1.00 bits per heavy atom. The molecule has 0 saturated heterocycles. The summed E-state index contributed by atoms with van der Waals surface area (Å²) in [6, 6.07) is 10.9. The standard InChI is InChI=1S/C17H17FO2/c18-16-9-12(10-19)5-7-17(16)20-11-13-4-6-14-2-1-3-15(14)8-13/h4-9,19H,1-3,10-11H2. The van der Waals surface area contributed by atoms with Gasteiger partial charge >= 0.3 is 0 Å². The van der Waals surface area contributed by atoms with Gasteiger partial charge in [-0.2, -0.15) is 0 Å². The molecule has 0 atom stereocenters. The van der Waals surface area contributed by atoms with Crippen molar-refractivity contribution in [3.63, 3.8) is 0 Å². The zero-order valence-electron chi connectivity index (χ0n) is 11.2. The molecule has 1 aliphatic rings. The van der Waals surface area contributed by atoms with E-state index in [0.717, 1.165) is 18.4 Å². The van der Waals surface area contributed by atoms with Crippen molar-refractivity contribution in [1.82, 2.24) is 0 Å². The maximum atomic E-state index is 13.7. The van der Waals surface area contributed by atoms with Crippen LogP contribution < -0.4 is 4.74 Å².